The number of hydrogen-bond donors (Lipinski definition) is 4. The maximum absolute atomic E-state index is 14.5. The van der Waals surface area contributed by atoms with E-state index in [2.05, 4.69) is 10.3 Å². The summed E-state index contributed by atoms with van der Waals surface area (Å²) in [4.78, 5) is 60.6. The molecule has 4 atom stereocenters. The van der Waals surface area contributed by atoms with Gasteiger partial charge in [-0.25, -0.2) is 8.78 Å². The largest absolute Gasteiger partial charge is 0.388 e. The van der Waals surface area contributed by atoms with Gasteiger partial charge in [0.1, 0.15) is 29.4 Å². The Morgan fingerprint density at radius 3 is 2.64 bits per heavy atom. The Balaban J connectivity index is 1.46. The molecule has 232 valence electrons. The predicted molar refractivity (Wildman–Crippen MR) is 157 cm³/mol. The summed E-state index contributed by atoms with van der Waals surface area (Å²) in [5.41, 5.74) is 6.40. The summed E-state index contributed by atoms with van der Waals surface area (Å²) in [6, 6.07) is 6.20. The van der Waals surface area contributed by atoms with Crippen molar-refractivity contribution >= 4 is 40.2 Å². The minimum atomic E-state index is -1.26. The molecule has 4 heterocycles. The number of H-pyrrole nitrogens is 1. The van der Waals surface area contributed by atoms with E-state index < -0.39 is 53.0 Å². The number of primary amides is 1. The highest BCUT2D eigenvalue weighted by Crippen LogP contribution is 2.48. The molecular formula is C32H35F2N5O5. The smallest absolute Gasteiger partial charge is 0.270 e. The second-order valence-electron chi connectivity index (χ2n) is 12.6. The van der Waals surface area contributed by atoms with Crippen molar-refractivity contribution in [1.29, 1.82) is 0 Å². The first-order chi connectivity index (χ1) is 20.9. The second-order valence-corrected chi connectivity index (χ2v) is 12.6. The van der Waals surface area contributed by atoms with Crippen LogP contribution in [0.4, 0.5) is 14.5 Å². The zero-order chi connectivity index (χ0) is 31.5. The molecule has 4 bridgehead atoms. The van der Waals surface area contributed by atoms with Crippen LogP contribution < -0.4 is 11.1 Å². The Morgan fingerprint density at radius 1 is 1.14 bits per heavy atom. The molecule has 5 N–H and O–H groups in total. The molecule has 2 aromatic carbocycles. The highest BCUT2D eigenvalue weighted by Gasteiger charge is 2.58. The van der Waals surface area contributed by atoms with Gasteiger partial charge in [-0.3, -0.25) is 19.2 Å². The van der Waals surface area contributed by atoms with Crippen molar-refractivity contribution in [2.75, 3.05) is 18.4 Å². The number of aliphatic hydroxyl groups excluding tert-OH is 1. The van der Waals surface area contributed by atoms with Crippen molar-refractivity contribution in [2.24, 2.45) is 11.7 Å². The minimum absolute atomic E-state index is 0.0219. The molecule has 0 radical (unpaired) electrons. The lowest BCUT2D eigenvalue weighted by atomic mass is 9.78. The standard InChI is InChI=1S/C32H35F2N5O5/c1-16(2)9-25-30(43)39-15-32(14-26(39)28(35)41)20-10-17(6-7-22(20)37-31(32)44)27(40)5-3-4-8-38(25)29(42)24-13-19-21(34)11-18(33)12-23(19)36-24/h6-7,10-13,16,25-27,36,40H,3-5,8-9,14-15H2,1-2H3,(H2,35,41)(H,37,44)/t25-,26-,27?,32-/m0/s1. The van der Waals surface area contributed by atoms with E-state index in [4.69, 9.17) is 5.73 Å². The number of nitrogens with zero attached hydrogens (tertiary/aromatic N) is 2. The predicted octanol–water partition coefficient (Wildman–Crippen LogP) is 3.50. The molecule has 3 aliphatic rings. The SMILES string of the molecule is CC(C)C[C@H]1C(=O)N2C[C@]3(C[C@H]2C(N)=O)C(=O)Nc2ccc(cc23)C(O)CCCCN1C(=O)c1cc2c(F)cc(F)cc2[nH]1. The van der Waals surface area contributed by atoms with Gasteiger partial charge >= 0.3 is 0 Å². The van der Waals surface area contributed by atoms with Gasteiger partial charge in [0.25, 0.3) is 5.91 Å². The van der Waals surface area contributed by atoms with Gasteiger partial charge in [0, 0.05) is 30.2 Å². The van der Waals surface area contributed by atoms with Gasteiger partial charge in [0.05, 0.1) is 17.0 Å². The monoisotopic (exact) mass is 607 g/mol. The van der Waals surface area contributed by atoms with E-state index in [0.29, 0.717) is 36.1 Å². The Labute approximate surface area is 252 Å². The van der Waals surface area contributed by atoms with Crippen LogP contribution >= 0.6 is 0 Å². The molecule has 1 unspecified atom stereocenters. The first-order valence-electron chi connectivity index (χ1n) is 14.9. The lowest BCUT2D eigenvalue weighted by Crippen LogP contribution is -2.55. The third kappa shape index (κ3) is 4.90. The van der Waals surface area contributed by atoms with Crippen LogP contribution in [-0.4, -0.2) is 68.7 Å². The van der Waals surface area contributed by atoms with Crippen LogP contribution in [0.2, 0.25) is 0 Å². The zero-order valence-electron chi connectivity index (χ0n) is 24.5. The highest BCUT2D eigenvalue weighted by atomic mass is 19.1. The highest BCUT2D eigenvalue weighted by molar-refractivity contribution is 6.08. The number of benzene rings is 2. The molecule has 3 aliphatic heterocycles. The number of hydrogen-bond acceptors (Lipinski definition) is 5. The number of amides is 4. The molecule has 10 nitrogen and oxygen atoms in total. The third-order valence-corrected chi connectivity index (χ3v) is 9.22. The van der Waals surface area contributed by atoms with Crippen molar-refractivity contribution in [3.05, 3.63) is 64.9 Å². The summed E-state index contributed by atoms with van der Waals surface area (Å²) in [5.74, 6) is -3.94. The normalized spacial score (nSPS) is 25.5. The van der Waals surface area contributed by atoms with Gasteiger partial charge in [-0.15, -0.1) is 0 Å². The quantitative estimate of drug-likeness (QED) is 0.358. The fraction of sp³-hybridized carbons (Fsp3) is 0.438. The number of aromatic amines is 1. The molecule has 6 rings (SSSR count). The molecule has 1 saturated heterocycles. The van der Waals surface area contributed by atoms with E-state index in [9.17, 15) is 33.1 Å². The molecule has 4 amide bonds. The molecule has 12 heteroatoms. The second kappa shape index (κ2) is 11.0. The summed E-state index contributed by atoms with van der Waals surface area (Å²) in [5, 5.41) is 14.0. The van der Waals surface area contributed by atoms with Gasteiger partial charge in [-0.1, -0.05) is 19.9 Å². The zero-order valence-corrected chi connectivity index (χ0v) is 24.5. The molecule has 1 aromatic heterocycles. The van der Waals surface area contributed by atoms with Crippen molar-refractivity contribution < 1.29 is 33.1 Å². The lowest BCUT2D eigenvalue weighted by Gasteiger charge is -2.36. The van der Waals surface area contributed by atoms with Crippen molar-refractivity contribution in [2.45, 2.75) is 69.6 Å². The Morgan fingerprint density at radius 2 is 1.91 bits per heavy atom. The van der Waals surface area contributed by atoms with Crippen molar-refractivity contribution in [3.8, 4) is 0 Å². The first-order valence-corrected chi connectivity index (χ1v) is 14.9. The van der Waals surface area contributed by atoms with Gasteiger partial charge < -0.3 is 30.9 Å². The van der Waals surface area contributed by atoms with E-state index in [0.717, 1.165) is 12.1 Å². The van der Waals surface area contributed by atoms with Crippen LogP contribution in [-0.2, 0) is 19.8 Å². The van der Waals surface area contributed by atoms with E-state index in [1.54, 1.807) is 18.2 Å². The van der Waals surface area contributed by atoms with E-state index in [-0.39, 0.29) is 54.4 Å². The lowest BCUT2D eigenvalue weighted by molar-refractivity contribution is -0.141. The molecule has 0 aliphatic carbocycles. The van der Waals surface area contributed by atoms with Gasteiger partial charge in [-0.05, 0) is 73.4 Å². The summed E-state index contributed by atoms with van der Waals surface area (Å²) in [6.07, 6.45) is 0.657. The molecule has 3 aromatic rings. The van der Waals surface area contributed by atoms with E-state index in [1.165, 1.54) is 15.9 Å². The Kier molecular flexibility index (Phi) is 7.43. The van der Waals surface area contributed by atoms with Crippen LogP contribution in [0.15, 0.2) is 36.4 Å². The minimum Gasteiger partial charge on any atom is -0.388 e. The Hall–Kier alpha value is -4.32. The average Bonchev–Trinajstić information content (AvgIpc) is 3.65. The number of aliphatic hydroxyl groups is 1. The molecule has 1 fully saturated rings. The topological polar surface area (TPSA) is 149 Å². The maximum Gasteiger partial charge on any atom is 0.270 e. The maximum atomic E-state index is 14.5. The first kappa shape index (κ1) is 29.7. The fourth-order valence-corrected chi connectivity index (χ4v) is 7.00. The number of nitrogens with two attached hydrogens (primary N) is 1. The number of nitrogens with one attached hydrogen (secondary N) is 2. The average molecular weight is 608 g/mol. The van der Waals surface area contributed by atoms with Crippen LogP contribution in [0.25, 0.3) is 10.9 Å². The molecule has 0 saturated carbocycles. The van der Waals surface area contributed by atoms with Gasteiger partial charge in [0.15, 0.2) is 0 Å². The summed E-state index contributed by atoms with van der Waals surface area (Å²) < 4.78 is 28.5. The van der Waals surface area contributed by atoms with Crippen LogP contribution in [0.5, 0.6) is 0 Å². The third-order valence-electron chi connectivity index (χ3n) is 9.22. The molecule has 44 heavy (non-hydrogen) atoms. The number of fused-ring (bicyclic) bond motifs is 3. The van der Waals surface area contributed by atoms with Gasteiger partial charge in [-0.2, -0.15) is 0 Å². The van der Waals surface area contributed by atoms with Crippen LogP contribution in [0, 0.1) is 17.6 Å². The number of aromatic nitrogens is 1. The van der Waals surface area contributed by atoms with Crippen molar-refractivity contribution in [3.63, 3.8) is 0 Å². The van der Waals surface area contributed by atoms with Crippen molar-refractivity contribution in [1.82, 2.24) is 14.8 Å². The molecule has 1 spiro atoms. The Bertz CT molecular complexity index is 1690. The fourth-order valence-electron chi connectivity index (χ4n) is 7.00. The van der Waals surface area contributed by atoms with Crippen LogP contribution in [0.3, 0.4) is 0 Å². The molecular weight excluding hydrogens is 572 g/mol. The number of halogens is 2. The summed E-state index contributed by atoms with van der Waals surface area (Å²) in [7, 11) is 0. The number of carbonyl (C=O) groups excluding carboxylic acids is 4. The van der Waals surface area contributed by atoms with Gasteiger partial charge in [0.2, 0.25) is 17.7 Å². The number of rotatable bonds is 4. The number of carbonyl (C=O) groups is 4. The summed E-state index contributed by atoms with van der Waals surface area (Å²) in [6.45, 7) is 3.78. The summed E-state index contributed by atoms with van der Waals surface area (Å²) >= 11 is 0. The van der Waals surface area contributed by atoms with E-state index in [1.807, 2.05) is 13.8 Å². The van der Waals surface area contributed by atoms with Crippen LogP contribution in [0.1, 0.15) is 73.7 Å². The number of anilines is 1. The van der Waals surface area contributed by atoms with E-state index >= 15 is 0 Å².